The van der Waals surface area contributed by atoms with Crippen molar-refractivity contribution in [3.8, 4) is 17.1 Å². The highest BCUT2D eigenvalue weighted by atomic mass is 32.2. The molecule has 1 aliphatic heterocycles. The summed E-state index contributed by atoms with van der Waals surface area (Å²) in [4.78, 5) is 21.6. The highest BCUT2D eigenvalue weighted by Crippen LogP contribution is 2.28. The normalized spacial score (nSPS) is 14.3. The molecular weight excluding hydrogens is 456 g/mol. The number of benzene rings is 2. The zero-order valence-electron chi connectivity index (χ0n) is 19.7. The Morgan fingerprint density at radius 1 is 0.914 bits per heavy atom. The number of aromatic nitrogens is 4. The van der Waals surface area contributed by atoms with Gasteiger partial charge in [-0.3, -0.25) is 19.2 Å². The third kappa shape index (κ3) is 5.61. The maximum Gasteiger partial charge on any atom is 0.233 e. The van der Waals surface area contributed by atoms with E-state index in [1.807, 2.05) is 27.7 Å². The average Bonchev–Trinajstić information content (AvgIpc) is 3.33. The fourth-order valence-electron chi connectivity index (χ4n) is 4.19. The molecule has 2 aromatic heterocycles. The summed E-state index contributed by atoms with van der Waals surface area (Å²) in [5.41, 5.74) is 4.33. The summed E-state index contributed by atoms with van der Waals surface area (Å²) in [6.07, 6.45) is 3.52. The number of carbonyl (C=O) groups is 1. The van der Waals surface area contributed by atoms with Crippen molar-refractivity contribution in [2.45, 2.75) is 18.6 Å². The van der Waals surface area contributed by atoms with Gasteiger partial charge in [0.25, 0.3) is 0 Å². The van der Waals surface area contributed by atoms with Gasteiger partial charge < -0.3 is 4.90 Å². The Bertz CT molecular complexity index is 1250. The first-order chi connectivity index (χ1) is 17.2. The number of carbonyl (C=O) groups excluding carboxylic acids is 1. The molecule has 0 aliphatic carbocycles. The molecule has 0 spiro atoms. The summed E-state index contributed by atoms with van der Waals surface area (Å²) in [5, 5.41) is 9.58. The van der Waals surface area contributed by atoms with E-state index >= 15 is 0 Å². The van der Waals surface area contributed by atoms with E-state index in [-0.39, 0.29) is 5.91 Å². The summed E-state index contributed by atoms with van der Waals surface area (Å²) < 4.78 is 2.01. The van der Waals surface area contributed by atoms with Gasteiger partial charge >= 0.3 is 0 Å². The van der Waals surface area contributed by atoms with Crippen LogP contribution in [0, 0.1) is 6.92 Å². The number of hydrogen-bond donors (Lipinski definition) is 0. The Labute approximate surface area is 209 Å². The summed E-state index contributed by atoms with van der Waals surface area (Å²) >= 11 is 1.43. The largest absolute Gasteiger partial charge is 0.339 e. The number of rotatable bonds is 7. The number of piperazine rings is 1. The minimum atomic E-state index is 0.135. The minimum Gasteiger partial charge on any atom is -0.339 e. The van der Waals surface area contributed by atoms with Crippen molar-refractivity contribution < 1.29 is 4.79 Å². The molecule has 1 amide bonds. The lowest BCUT2D eigenvalue weighted by Gasteiger charge is -2.34. The zero-order chi connectivity index (χ0) is 24.0. The first-order valence-electron chi connectivity index (χ1n) is 11.8. The molecule has 4 aromatic rings. The summed E-state index contributed by atoms with van der Waals surface area (Å²) in [6.45, 7) is 6.25. The molecule has 178 valence electrons. The molecule has 1 saturated heterocycles. The Hall–Kier alpha value is -3.49. The second-order valence-electron chi connectivity index (χ2n) is 8.65. The first-order valence-corrected chi connectivity index (χ1v) is 12.8. The Balaban J connectivity index is 1.25. The van der Waals surface area contributed by atoms with Crippen LogP contribution in [0.3, 0.4) is 0 Å². The van der Waals surface area contributed by atoms with E-state index in [9.17, 15) is 4.79 Å². The monoisotopic (exact) mass is 484 g/mol. The molecule has 0 saturated carbocycles. The predicted molar refractivity (Wildman–Crippen MR) is 138 cm³/mol. The van der Waals surface area contributed by atoms with Gasteiger partial charge in [-0.05, 0) is 36.8 Å². The van der Waals surface area contributed by atoms with Crippen LogP contribution >= 0.6 is 11.8 Å². The van der Waals surface area contributed by atoms with E-state index in [2.05, 4.69) is 75.5 Å². The van der Waals surface area contributed by atoms with Gasteiger partial charge in [-0.1, -0.05) is 59.8 Å². The fourth-order valence-corrected chi connectivity index (χ4v) is 5.04. The third-order valence-corrected chi connectivity index (χ3v) is 7.06. The van der Waals surface area contributed by atoms with Gasteiger partial charge in [0.05, 0.1) is 5.75 Å². The molecule has 0 atom stereocenters. The molecule has 5 rings (SSSR count). The van der Waals surface area contributed by atoms with Gasteiger partial charge in [0.15, 0.2) is 11.0 Å². The molecule has 3 heterocycles. The van der Waals surface area contributed by atoms with Crippen LogP contribution in [0.4, 0.5) is 0 Å². The third-order valence-electron chi connectivity index (χ3n) is 6.14. The lowest BCUT2D eigenvalue weighted by atomic mass is 10.2. The highest BCUT2D eigenvalue weighted by molar-refractivity contribution is 7.99. The van der Waals surface area contributed by atoms with Gasteiger partial charge in [-0.15, -0.1) is 10.2 Å². The van der Waals surface area contributed by atoms with Crippen molar-refractivity contribution in [2.24, 2.45) is 0 Å². The molecule has 0 unspecified atom stereocenters. The Morgan fingerprint density at radius 3 is 2.40 bits per heavy atom. The molecule has 0 N–H and O–H groups in total. The van der Waals surface area contributed by atoms with E-state index in [1.54, 1.807) is 12.4 Å². The van der Waals surface area contributed by atoms with Gasteiger partial charge in [0, 0.05) is 56.4 Å². The number of hydrogen-bond acceptors (Lipinski definition) is 6. The van der Waals surface area contributed by atoms with Crippen LogP contribution in [0.1, 0.15) is 11.1 Å². The maximum absolute atomic E-state index is 13.0. The van der Waals surface area contributed by atoms with Gasteiger partial charge in [-0.25, -0.2) is 0 Å². The SMILES string of the molecule is Cc1ccc(-n2c(SCC(=O)N3CCN(Cc4ccccc4)CC3)nnc2-c2cccnc2)cc1. The summed E-state index contributed by atoms with van der Waals surface area (Å²) in [5.74, 6) is 1.18. The molecule has 8 heteroatoms. The highest BCUT2D eigenvalue weighted by Gasteiger charge is 2.23. The molecule has 7 nitrogen and oxygen atoms in total. The van der Waals surface area contributed by atoms with Crippen molar-refractivity contribution in [1.29, 1.82) is 0 Å². The van der Waals surface area contributed by atoms with Crippen LogP contribution < -0.4 is 0 Å². The Morgan fingerprint density at radius 2 is 1.69 bits per heavy atom. The first kappa shape index (κ1) is 23.3. The van der Waals surface area contributed by atoms with Gasteiger partial charge in [0.1, 0.15) is 0 Å². The molecule has 1 aliphatic rings. The molecule has 0 bridgehead atoms. The van der Waals surface area contributed by atoms with Crippen LogP contribution in [-0.2, 0) is 11.3 Å². The smallest absolute Gasteiger partial charge is 0.233 e. The van der Waals surface area contributed by atoms with E-state index in [0.717, 1.165) is 44.0 Å². The van der Waals surface area contributed by atoms with Crippen LogP contribution in [0.5, 0.6) is 0 Å². The standard InChI is InChI=1S/C27H28N6OS/c1-21-9-11-24(12-10-21)33-26(23-8-5-13-28-18-23)29-30-27(33)35-20-25(34)32-16-14-31(15-17-32)19-22-6-3-2-4-7-22/h2-13,18H,14-17,19-20H2,1H3. The van der Waals surface area contributed by atoms with Gasteiger partial charge in [0.2, 0.25) is 5.91 Å². The predicted octanol–water partition coefficient (Wildman–Crippen LogP) is 4.07. The molecule has 1 fully saturated rings. The van der Waals surface area contributed by atoms with Crippen molar-refractivity contribution in [3.63, 3.8) is 0 Å². The molecule has 0 radical (unpaired) electrons. The molecular formula is C27H28N6OS. The van der Waals surface area contributed by atoms with Crippen LogP contribution in [0.25, 0.3) is 17.1 Å². The number of nitrogens with zero attached hydrogens (tertiary/aromatic N) is 6. The number of thioether (sulfide) groups is 1. The van der Waals surface area contributed by atoms with Crippen LogP contribution in [0.2, 0.25) is 0 Å². The average molecular weight is 485 g/mol. The topological polar surface area (TPSA) is 67.2 Å². The number of aryl methyl sites for hydroxylation is 1. The second-order valence-corrected chi connectivity index (χ2v) is 9.59. The van der Waals surface area contributed by atoms with E-state index in [4.69, 9.17) is 0 Å². The van der Waals surface area contributed by atoms with Crippen LogP contribution in [0.15, 0.2) is 84.3 Å². The summed E-state index contributed by atoms with van der Waals surface area (Å²) in [7, 11) is 0. The van der Waals surface area contributed by atoms with Crippen molar-refractivity contribution in [3.05, 3.63) is 90.3 Å². The summed E-state index contributed by atoms with van der Waals surface area (Å²) in [6, 6.07) is 22.6. The van der Waals surface area contributed by atoms with Crippen LogP contribution in [-0.4, -0.2) is 67.4 Å². The number of amides is 1. The van der Waals surface area contributed by atoms with E-state index < -0.39 is 0 Å². The van der Waals surface area contributed by atoms with Crippen molar-refractivity contribution >= 4 is 17.7 Å². The van der Waals surface area contributed by atoms with Crippen molar-refractivity contribution in [1.82, 2.24) is 29.5 Å². The second kappa shape index (κ2) is 10.8. The quantitative estimate of drug-likeness (QED) is 0.369. The number of pyridine rings is 1. The zero-order valence-corrected chi connectivity index (χ0v) is 20.6. The van der Waals surface area contributed by atoms with E-state index in [1.165, 1.54) is 22.9 Å². The van der Waals surface area contributed by atoms with E-state index in [0.29, 0.717) is 16.7 Å². The lowest BCUT2D eigenvalue weighted by molar-refractivity contribution is -0.130. The molecule has 2 aromatic carbocycles. The van der Waals surface area contributed by atoms with Gasteiger partial charge in [-0.2, -0.15) is 0 Å². The van der Waals surface area contributed by atoms with Crippen molar-refractivity contribution in [2.75, 3.05) is 31.9 Å². The maximum atomic E-state index is 13.0. The minimum absolute atomic E-state index is 0.135. The molecule has 35 heavy (non-hydrogen) atoms. The Kier molecular flexibility index (Phi) is 7.20. The lowest BCUT2D eigenvalue weighted by Crippen LogP contribution is -2.48. The fraction of sp³-hybridized carbons (Fsp3) is 0.259.